The van der Waals surface area contributed by atoms with Crippen molar-refractivity contribution < 1.29 is 4.92 Å². The Morgan fingerprint density at radius 3 is 2.74 bits per heavy atom. The summed E-state index contributed by atoms with van der Waals surface area (Å²) in [6, 6.07) is 1.51. The lowest BCUT2D eigenvalue weighted by Crippen LogP contribution is -2.04. The fourth-order valence-electron chi connectivity index (χ4n) is 1.85. The molecule has 2 aromatic rings. The van der Waals surface area contributed by atoms with Gasteiger partial charge in [-0.25, -0.2) is 4.98 Å². The number of anilines is 1. The first-order valence-corrected chi connectivity index (χ1v) is 5.81. The SMILES string of the molecule is Cc1cc([N+](=O)[O-])cnc1NCc1cn(C)nc1C. The highest BCUT2D eigenvalue weighted by atomic mass is 16.6. The molecule has 0 saturated heterocycles. The van der Waals surface area contributed by atoms with E-state index >= 15 is 0 Å². The maximum absolute atomic E-state index is 10.6. The summed E-state index contributed by atoms with van der Waals surface area (Å²) in [6.45, 7) is 4.32. The van der Waals surface area contributed by atoms with Crippen LogP contribution >= 0.6 is 0 Å². The van der Waals surface area contributed by atoms with E-state index in [0.29, 0.717) is 12.4 Å². The average Bonchev–Trinajstić information content (AvgIpc) is 2.66. The Morgan fingerprint density at radius 2 is 2.21 bits per heavy atom. The maximum atomic E-state index is 10.6. The van der Waals surface area contributed by atoms with Crippen molar-refractivity contribution in [3.63, 3.8) is 0 Å². The average molecular weight is 261 g/mol. The van der Waals surface area contributed by atoms with Crippen LogP contribution in [-0.2, 0) is 13.6 Å². The molecule has 1 N–H and O–H groups in total. The molecule has 0 spiro atoms. The minimum atomic E-state index is -0.449. The predicted octanol–water partition coefficient (Wildman–Crippen LogP) is 1.95. The molecule has 19 heavy (non-hydrogen) atoms. The van der Waals surface area contributed by atoms with Gasteiger partial charge in [0.15, 0.2) is 0 Å². The summed E-state index contributed by atoms with van der Waals surface area (Å²) < 4.78 is 1.75. The Balaban J connectivity index is 2.12. The van der Waals surface area contributed by atoms with Crippen LogP contribution in [0.1, 0.15) is 16.8 Å². The molecule has 0 aliphatic rings. The van der Waals surface area contributed by atoms with Gasteiger partial charge in [-0.05, 0) is 19.4 Å². The largest absolute Gasteiger partial charge is 0.366 e. The van der Waals surface area contributed by atoms with Crippen molar-refractivity contribution in [1.29, 1.82) is 0 Å². The molecule has 0 aliphatic heterocycles. The molecular weight excluding hydrogens is 246 g/mol. The van der Waals surface area contributed by atoms with Gasteiger partial charge in [0.05, 0.1) is 10.6 Å². The third-order valence-corrected chi connectivity index (χ3v) is 2.84. The molecule has 0 saturated carbocycles. The molecule has 2 heterocycles. The Kier molecular flexibility index (Phi) is 3.46. The Bertz CT molecular complexity index is 621. The van der Waals surface area contributed by atoms with Crippen LogP contribution in [0.25, 0.3) is 0 Å². The smallest absolute Gasteiger partial charge is 0.287 e. The van der Waals surface area contributed by atoms with Gasteiger partial charge >= 0.3 is 0 Å². The van der Waals surface area contributed by atoms with Crippen molar-refractivity contribution in [1.82, 2.24) is 14.8 Å². The quantitative estimate of drug-likeness (QED) is 0.671. The van der Waals surface area contributed by atoms with Gasteiger partial charge in [-0.15, -0.1) is 0 Å². The molecule has 0 atom stereocenters. The molecule has 0 fully saturated rings. The maximum Gasteiger partial charge on any atom is 0.287 e. The standard InChI is InChI=1S/C12H15N5O2/c1-8-4-11(17(18)19)6-14-12(8)13-5-10-7-16(3)15-9(10)2/h4,6-7H,5H2,1-3H3,(H,13,14). The number of hydrogen-bond acceptors (Lipinski definition) is 5. The predicted molar refractivity (Wildman–Crippen MR) is 70.9 cm³/mol. The van der Waals surface area contributed by atoms with Crippen LogP contribution in [0.15, 0.2) is 18.5 Å². The molecule has 0 amide bonds. The fourth-order valence-corrected chi connectivity index (χ4v) is 1.85. The lowest BCUT2D eigenvalue weighted by molar-refractivity contribution is -0.385. The second kappa shape index (κ2) is 5.05. The van der Waals surface area contributed by atoms with E-state index in [2.05, 4.69) is 15.4 Å². The minimum absolute atomic E-state index is 0.000563. The Hall–Kier alpha value is -2.44. The van der Waals surface area contributed by atoms with Gasteiger partial charge in [0, 0.05) is 31.4 Å². The molecule has 7 nitrogen and oxygen atoms in total. The number of pyridine rings is 1. The van der Waals surface area contributed by atoms with E-state index in [1.807, 2.05) is 20.2 Å². The molecule has 0 aromatic carbocycles. The van der Waals surface area contributed by atoms with Gasteiger partial charge in [-0.2, -0.15) is 5.10 Å². The zero-order valence-corrected chi connectivity index (χ0v) is 11.0. The van der Waals surface area contributed by atoms with E-state index in [-0.39, 0.29) is 5.69 Å². The van der Waals surface area contributed by atoms with Gasteiger partial charge in [0.2, 0.25) is 0 Å². The zero-order valence-electron chi connectivity index (χ0n) is 11.0. The summed E-state index contributed by atoms with van der Waals surface area (Å²) in [6.07, 6.45) is 3.19. The Labute approximate surface area is 110 Å². The van der Waals surface area contributed by atoms with E-state index in [9.17, 15) is 10.1 Å². The van der Waals surface area contributed by atoms with Gasteiger partial charge in [0.25, 0.3) is 5.69 Å². The number of nitrogens with one attached hydrogen (secondary N) is 1. The van der Waals surface area contributed by atoms with Crippen molar-refractivity contribution in [2.75, 3.05) is 5.32 Å². The first-order chi connectivity index (χ1) is 8.97. The summed E-state index contributed by atoms with van der Waals surface area (Å²) in [7, 11) is 1.87. The van der Waals surface area contributed by atoms with Crippen molar-refractivity contribution in [2.24, 2.45) is 7.05 Å². The molecule has 7 heteroatoms. The highest BCUT2D eigenvalue weighted by Crippen LogP contribution is 2.18. The monoisotopic (exact) mass is 261 g/mol. The summed E-state index contributed by atoms with van der Waals surface area (Å²) in [5.74, 6) is 0.647. The molecule has 0 aliphatic carbocycles. The lowest BCUT2D eigenvalue weighted by atomic mass is 10.2. The van der Waals surface area contributed by atoms with Crippen molar-refractivity contribution in [2.45, 2.75) is 20.4 Å². The number of aromatic nitrogens is 3. The molecule has 100 valence electrons. The van der Waals surface area contributed by atoms with Crippen LogP contribution in [-0.4, -0.2) is 19.7 Å². The number of nitro groups is 1. The van der Waals surface area contributed by atoms with Gasteiger partial charge in [0.1, 0.15) is 12.0 Å². The third kappa shape index (κ3) is 2.87. The summed E-state index contributed by atoms with van der Waals surface area (Å²) in [5, 5.41) is 18.0. The van der Waals surface area contributed by atoms with Crippen LogP contribution in [0.4, 0.5) is 11.5 Å². The van der Waals surface area contributed by atoms with Crippen molar-refractivity contribution in [3.8, 4) is 0 Å². The van der Waals surface area contributed by atoms with E-state index in [1.165, 1.54) is 12.3 Å². The van der Waals surface area contributed by atoms with Crippen LogP contribution < -0.4 is 5.32 Å². The summed E-state index contributed by atoms with van der Waals surface area (Å²) in [4.78, 5) is 14.2. The zero-order chi connectivity index (χ0) is 14.0. The topological polar surface area (TPSA) is 85.9 Å². The molecule has 2 rings (SSSR count). The Morgan fingerprint density at radius 1 is 1.47 bits per heavy atom. The first kappa shape index (κ1) is 13.0. The normalized spacial score (nSPS) is 10.5. The van der Waals surface area contributed by atoms with E-state index < -0.39 is 4.92 Å². The van der Waals surface area contributed by atoms with Gasteiger partial charge in [-0.1, -0.05) is 0 Å². The molecule has 0 bridgehead atoms. The highest BCUT2D eigenvalue weighted by Gasteiger charge is 2.10. The third-order valence-electron chi connectivity index (χ3n) is 2.84. The summed E-state index contributed by atoms with van der Waals surface area (Å²) in [5.41, 5.74) is 2.77. The summed E-state index contributed by atoms with van der Waals surface area (Å²) >= 11 is 0. The van der Waals surface area contributed by atoms with E-state index in [4.69, 9.17) is 0 Å². The second-order valence-electron chi connectivity index (χ2n) is 4.38. The molecular formula is C12H15N5O2. The van der Waals surface area contributed by atoms with Gasteiger partial charge in [-0.3, -0.25) is 14.8 Å². The number of aryl methyl sites for hydroxylation is 3. The van der Waals surface area contributed by atoms with Crippen molar-refractivity contribution >= 4 is 11.5 Å². The first-order valence-electron chi connectivity index (χ1n) is 5.81. The van der Waals surface area contributed by atoms with Crippen LogP contribution in [0, 0.1) is 24.0 Å². The lowest BCUT2D eigenvalue weighted by Gasteiger charge is -2.07. The van der Waals surface area contributed by atoms with E-state index in [1.54, 1.807) is 11.6 Å². The molecule has 0 radical (unpaired) electrons. The highest BCUT2D eigenvalue weighted by molar-refractivity contribution is 5.48. The fraction of sp³-hybridized carbons (Fsp3) is 0.333. The minimum Gasteiger partial charge on any atom is -0.366 e. The van der Waals surface area contributed by atoms with E-state index in [0.717, 1.165) is 16.8 Å². The number of nitrogens with zero attached hydrogens (tertiary/aromatic N) is 4. The number of rotatable bonds is 4. The van der Waals surface area contributed by atoms with Crippen LogP contribution in [0.3, 0.4) is 0 Å². The van der Waals surface area contributed by atoms with Gasteiger partial charge < -0.3 is 5.32 Å². The molecule has 0 unspecified atom stereocenters. The van der Waals surface area contributed by atoms with Crippen LogP contribution in [0.2, 0.25) is 0 Å². The second-order valence-corrected chi connectivity index (χ2v) is 4.38. The van der Waals surface area contributed by atoms with Crippen LogP contribution in [0.5, 0.6) is 0 Å². The molecule has 2 aromatic heterocycles. The number of hydrogen-bond donors (Lipinski definition) is 1. The van der Waals surface area contributed by atoms with Crippen molar-refractivity contribution in [3.05, 3.63) is 45.4 Å².